The number of nitrogens with zero attached hydrogens (tertiary/aromatic N) is 1. The lowest BCUT2D eigenvalue weighted by atomic mass is 10.1. The Labute approximate surface area is 140 Å². The molecule has 4 nitrogen and oxygen atoms in total. The molecule has 1 unspecified atom stereocenters. The van der Waals surface area contributed by atoms with E-state index in [9.17, 15) is 4.79 Å². The maximum Gasteiger partial charge on any atom is 0.222 e. The Hall–Kier alpha value is -1.55. The molecule has 1 amide bonds. The van der Waals surface area contributed by atoms with Gasteiger partial charge in [0.15, 0.2) is 0 Å². The molecule has 0 aliphatic carbocycles. The molecule has 1 aromatic carbocycles. The van der Waals surface area contributed by atoms with Gasteiger partial charge in [-0.2, -0.15) is 0 Å². The highest BCUT2D eigenvalue weighted by atomic mass is 16.5. The number of methoxy groups -OCH3 is 1. The summed E-state index contributed by atoms with van der Waals surface area (Å²) < 4.78 is 5.16. The predicted octanol–water partition coefficient (Wildman–Crippen LogP) is 2.87. The highest BCUT2D eigenvalue weighted by molar-refractivity contribution is 5.76. The lowest BCUT2D eigenvalue weighted by molar-refractivity contribution is -0.130. The molecule has 0 radical (unpaired) electrons. The van der Waals surface area contributed by atoms with Crippen molar-refractivity contribution in [1.29, 1.82) is 0 Å². The van der Waals surface area contributed by atoms with Crippen LogP contribution in [0.15, 0.2) is 24.3 Å². The number of carbonyl (C=O) groups excluding carboxylic acids is 1. The Morgan fingerprint density at radius 2 is 2.04 bits per heavy atom. The molecule has 1 atom stereocenters. The maximum absolute atomic E-state index is 12.2. The monoisotopic (exact) mass is 318 g/mol. The normalized spacial score (nSPS) is 17.5. The highest BCUT2D eigenvalue weighted by Crippen LogP contribution is 2.18. The van der Waals surface area contributed by atoms with Crippen molar-refractivity contribution in [2.24, 2.45) is 5.92 Å². The molecule has 1 heterocycles. The van der Waals surface area contributed by atoms with Crippen LogP contribution in [0.25, 0.3) is 0 Å². The zero-order chi connectivity index (χ0) is 16.5. The zero-order valence-electron chi connectivity index (χ0n) is 14.5. The van der Waals surface area contributed by atoms with Crippen LogP contribution in [0.3, 0.4) is 0 Å². The zero-order valence-corrected chi connectivity index (χ0v) is 14.5. The summed E-state index contributed by atoms with van der Waals surface area (Å²) in [5, 5.41) is 3.21. The molecular formula is C19H30N2O2. The Kier molecular flexibility index (Phi) is 7.40. The fourth-order valence-electron chi connectivity index (χ4n) is 3.25. The number of carbonyl (C=O) groups is 1. The molecule has 0 bridgehead atoms. The molecule has 1 aromatic rings. The Balaban J connectivity index is 1.57. The van der Waals surface area contributed by atoms with E-state index in [0.717, 1.165) is 57.5 Å². The first-order chi connectivity index (χ1) is 11.2. The van der Waals surface area contributed by atoms with Crippen LogP contribution in [0.1, 0.15) is 37.7 Å². The number of unbranched alkanes of at least 4 members (excludes halogenated alkanes) is 2. The van der Waals surface area contributed by atoms with Crippen LogP contribution in [0.5, 0.6) is 5.75 Å². The number of hydrogen-bond acceptors (Lipinski definition) is 3. The molecule has 0 spiro atoms. The van der Waals surface area contributed by atoms with E-state index in [1.165, 1.54) is 5.56 Å². The third-order valence-electron chi connectivity index (χ3n) is 4.65. The van der Waals surface area contributed by atoms with E-state index >= 15 is 0 Å². The molecule has 1 aliphatic heterocycles. The van der Waals surface area contributed by atoms with Gasteiger partial charge in [0.2, 0.25) is 5.91 Å². The molecule has 1 fully saturated rings. The maximum atomic E-state index is 12.2. The summed E-state index contributed by atoms with van der Waals surface area (Å²) in [5.74, 6) is 1.88. The Bertz CT molecular complexity index is 473. The first-order valence-corrected chi connectivity index (χ1v) is 8.78. The molecule has 0 saturated carbocycles. The van der Waals surface area contributed by atoms with Crippen LogP contribution in [-0.2, 0) is 11.2 Å². The predicted molar refractivity (Wildman–Crippen MR) is 93.8 cm³/mol. The van der Waals surface area contributed by atoms with Crippen LogP contribution >= 0.6 is 0 Å². The number of rotatable bonds is 9. The van der Waals surface area contributed by atoms with Crippen molar-refractivity contribution in [3.8, 4) is 5.75 Å². The van der Waals surface area contributed by atoms with Crippen molar-refractivity contribution >= 4 is 5.91 Å². The van der Waals surface area contributed by atoms with Crippen molar-refractivity contribution in [2.75, 3.05) is 33.8 Å². The molecule has 1 N–H and O–H groups in total. The number of benzene rings is 1. The largest absolute Gasteiger partial charge is 0.497 e. The van der Waals surface area contributed by atoms with Crippen LogP contribution < -0.4 is 10.1 Å². The average Bonchev–Trinajstić information content (AvgIpc) is 3.04. The van der Waals surface area contributed by atoms with Crippen molar-refractivity contribution in [1.82, 2.24) is 10.2 Å². The third kappa shape index (κ3) is 5.87. The minimum atomic E-state index is 0.341. The smallest absolute Gasteiger partial charge is 0.222 e. The summed E-state index contributed by atoms with van der Waals surface area (Å²) in [5.41, 5.74) is 1.34. The second kappa shape index (κ2) is 9.56. The number of ether oxygens (including phenoxy) is 1. The molecule has 0 aromatic heterocycles. The van der Waals surface area contributed by atoms with Gasteiger partial charge < -0.3 is 15.0 Å². The van der Waals surface area contributed by atoms with Gasteiger partial charge in [-0.1, -0.05) is 18.6 Å². The first-order valence-electron chi connectivity index (χ1n) is 8.78. The lowest BCUT2D eigenvalue weighted by Crippen LogP contribution is -2.30. The number of likely N-dealkylation sites (tertiary alicyclic amines) is 1. The quantitative estimate of drug-likeness (QED) is 0.712. The molecule has 1 saturated heterocycles. The lowest BCUT2D eigenvalue weighted by Gasteiger charge is -2.16. The van der Waals surface area contributed by atoms with Gasteiger partial charge in [0.25, 0.3) is 0 Å². The van der Waals surface area contributed by atoms with E-state index in [0.29, 0.717) is 18.2 Å². The standard InChI is InChI=1S/C19H30N2O2/c1-20-14-17-12-13-21(15-17)19(22)7-5-3-4-6-16-8-10-18(23-2)11-9-16/h8-11,17,20H,3-7,12-15H2,1-2H3. The molecule has 1 aliphatic rings. The van der Waals surface area contributed by atoms with Gasteiger partial charge in [-0.05, 0) is 62.9 Å². The van der Waals surface area contributed by atoms with Gasteiger partial charge in [-0.3, -0.25) is 4.79 Å². The summed E-state index contributed by atoms with van der Waals surface area (Å²) in [7, 11) is 3.67. The van der Waals surface area contributed by atoms with E-state index < -0.39 is 0 Å². The van der Waals surface area contributed by atoms with Crippen molar-refractivity contribution in [3.05, 3.63) is 29.8 Å². The fraction of sp³-hybridized carbons (Fsp3) is 0.632. The second-order valence-electron chi connectivity index (χ2n) is 6.46. The molecule has 128 valence electrons. The summed E-state index contributed by atoms with van der Waals surface area (Å²) in [4.78, 5) is 14.2. The fourth-order valence-corrected chi connectivity index (χ4v) is 3.25. The van der Waals surface area contributed by atoms with E-state index in [4.69, 9.17) is 4.74 Å². The number of hydrogen-bond donors (Lipinski definition) is 1. The molecule has 2 rings (SSSR count). The molecular weight excluding hydrogens is 288 g/mol. The summed E-state index contributed by atoms with van der Waals surface area (Å²) >= 11 is 0. The van der Waals surface area contributed by atoms with Gasteiger partial charge in [0.05, 0.1) is 7.11 Å². The van der Waals surface area contributed by atoms with Crippen LogP contribution in [0.4, 0.5) is 0 Å². The molecule has 4 heteroatoms. The summed E-state index contributed by atoms with van der Waals surface area (Å²) in [6.07, 6.45) is 6.18. The van der Waals surface area contributed by atoms with Gasteiger partial charge in [0, 0.05) is 19.5 Å². The molecule has 23 heavy (non-hydrogen) atoms. The minimum Gasteiger partial charge on any atom is -0.497 e. The van der Waals surface area contributed by atoms with Crippen molar-refractivity contribution < 1.29 is 9.53 Å². The topological polar surface area (TPSA) is 41.6 Å². The Morgan fingerprint density at radius 1 is 1.26 bits per heavy atom. The SMILES string of the molecule is CNCC1CCN(C(=O)CCCCCc2ccc(OC)cc2)C1. The number of aryl methyl sites for hydroxylation is 1. The van der Waals surface area contributed by atoms with E-state index in [2.05, 4.69) is 17.4 Å². The second-order valence-corrected chi connectivity index (χ2v) is 6.46. The summed E-state index contributed by atoms with van der Waals surface area (Å²) in [6, 6.07) is 8.26. The first kappa shape index (κ1) is 17.8. The van der Waals surface area contributed by atoms with Gasteiger partial charge in [0.1, 0.15) is 5.75 Å². The van der Waals surface area contributed by atoms with Gasteiger partial charge in [-0.15, -0.1) is 0 Å². The third-order valence-corrected chi connectivity index (χ3v) is 4.65. The van der Waals surface area contributed by atoms with E-state index in [1.54, 1.807) is 7.11 Å². The van der Waals surface area contributed by atoms with E-state index in [1.807, 2.05) is 24.1 Å². The van der Waals surface area contributed by atoms with Crippen molar-refractivity contribution in [3.63, 3.8) is 0 Å². The van der Waals surface area contributed by atoms with Gasteiger partial charge >= 0.3 is 0 Å². The van der Waals surface area contributed by atoms with E-state index in [-0.39, 0.29) is 0 Å². The summed E-state index contributed by atoms with van der Waals surface area (Å²) in [6.45, 7) is 2.90. The number of nitrogens with one attached hydrogen (secondary N) is 1. The van der Waals surface area contributed by atoms with Crippen LogP contribution in [0.2, 0.25) is 0 Å². The van der Waals surface area contributed by atoms with Crippen LogP contribution in [0, 0.1) is 5.92 Å². The average molecular weight is 318 g/mol. The van der Waals surface area contributed by atoms with Crippen molar-refractivity contribution in [2.45, 2.75) is 38.5 Å². The van der Waals surface area contributed by atoms with Crippen LogP contribution in [-0.4, -0.2) is 44.6 Å². The van der Waals surface area contributed by atoms with Gasteiger partial charge in [-0.25, -0.2) is 0 Å². The minimum absolute atomic E-state index is 0.341. The highest BCUT2D eigenvalue weighted by Gasteiger charge is 2.24. The Morgan fingerprint density at radius 3 is 2.74 bits per heavy atom. The number of amides is 1.